The monoisotopic (exact) mass is 385 g/mol. The summed E-state index contributed by atoms with van der Waals surface area (Å²) in [4.78, 5) is 26.4. The number of nitrogens with zero attached hydrogens (tertiary/aromatic N) is 4. The first-order chi connectivity index (χ1) is 13.3. The number of likely N-dealkylation sites (tertiary alicyclic amines) is 1. The van der Waals surface area contributed by atoms with Crippen molar-refractivity contribution < 1.29 is 4.79 Å². The fourth-order valence-electron chi connectivity index (χ4n) is 4.54. The van der Waals surface area contributed by atoms with E-state index >= 15 is 0 Å². The van der Waals surface area contributed by atoms with Crippen LogP contribution in [0.2, 0.25) is 0 Å². The summed E-state index contributed by atoms with van der Waals surface area (Å²) in [6.07, 6.45) is 8.50. The predicted molar refractivity (Wildman–Crippen MR) is 108 cm³/mol. The van der Waals surface area contributed by atoms with E-state index in [-0.39, 0.29) is 5.92 Å². The zero-order chi connectivity index (χ0) is 18.2. The van der Waals surface area contributed by atoms with E-state index in [1.54, 1.807) is 17.7 Å². The van der Waals surface area contributed by atoms with Crippen molar-refractivity contribution in [2.75, 3.05) is 31.1 Å². The number of piperidine rings is 2. The van der Waals surface area contributed by atoms with E-state index in [1.165, 1.54) is 17.5 Å². The van der Waals surface area contributed by atoms with Gasteiger partial charge < -0.3 is 10.2 Å². The largest absolute Gasteiger partial charge is 0.355 e. The van der Waals surface area contributed by atoms with Crippen LogP contribution in [0.5, 0.6) is 0 Å². The maximum absolute atomic E-state index is 12.5. The summed E-state index contributed by atoms with van der Waals surface area (Å²) in [5.74, 6) is 1.57. The molecular formula is C20H27N5OS. The molecule has 2 aromatic rings. The van der Waals surface area contributed by atoms with E-state index < -0.39 is 0 Å². The zero-order valence-electron chi connectivity index (χ0n) is 15.6. The van der Waals surface area contributed by atoms with Gasteiger partial charge in [0.1, 0.15) is 12.1 Å². The van der Waals surface area contributed by atoms with Crippen molar-refractivity contribution in [3.05, 3.63) is 17.8 Å². The minimum Gasteiger partial charge on any atom is -0.355 e. The highest BCUT2D eigenvalue weighted by Gasteiger charge is 2.34. The van der Waals surface area contributed by atoms with Gasteiger partial charge >= 0.3 is 0 Å². The molecule has 1 saturated carbocycles. The van der Waals surface area contributed by atoms with Gasteiger partial charge in [-0.15, -0.1) is 11.3 Å². The fraction of sp³-hybridized carbons (Fsp3) is 0.650. The number of amides is 1. The second kappa shape index (κ2) is 7.36. The maximum Gasteiger partial charge on any atom is 0.224 e. The highest BCUT2D eigenvalue weighted by molar-refractivity contribution is 7.17. The molecule has 1 unspecified atom stereocenters. The number of anilines is 1. The molecule has 1 amide bonds. The van der Waals surface area contributed by atoms with Gasteiger partial charge in [0, 0.05) is 31.7 Å². The third-order valence-corrected chi connectivity index (χ3v) is 7.15. The van der Waals surface area contributed by atoms with Crippen molar-refractivity contribution in [2.45, 2.75) is 50.6 Å². The van der Waals surface area contributed by atoms with Gasteiger partial charge in [0.2, 0.25) is 5.91 Å². The minimum absolute atomic E-state index is 0.185. The second-order valence-corrected chi connectivity index (χ2v) is 9.08. The summed E-state index contributed by atoms with van der Waals surface area (Å²) < 4.78 is 1.20. The molecule has 0 radical (unpaired) electrons. The zero-order valence-corrected chi connectivity index (χ0v) is 16.5. The molecule has 2 aliphatic heterocycles. The molecule has 3 fully saturated rings. The van der Waals surface area contributed by atoms with E-state index in [9.17, 15) is 4.79 Å². The molecule has 27 heavy (non-hydrogen) atoms. The predicted octanol–water partition coefficient (Wildman–Crippen LogP) is 2.65. The van der Waals surface area contributed by atoms with E-state index in [4.69, 9.17) is 0 Å². The second-order valence-electron chi connectivity index (χ2n) is 8.17. The molecular weight excluding hydrogens is 358 g/mol. The van der Waals surface area contributed by atoms with Crippen LogP contribution < -0.4 is 10.2 Å². The Morgan fingerprint density at radius 2 is 1.96 bits per heavy atom. The minimum atomic E-state index is 0.185. The number of hydrogen-bond acceptors (Lipinski definition) is 6. The molecule has 4 heterocycles. The van der Waals surface area contributed by atoms with Crippen LogP contribution in [0.4, 0.5) is 5.82 Å². The van der Waals surface area contributed by atoms with Crippen LogP contribution in [0.25, 0.3) is 10.2 Å². The molecule has 1 atom stereocenters. The van der Waals surface area contributed by atoms with E-state index in [0.717, 1.165) is 63.2 Å². The summed E-state index contributed by atoms with van der Waals surface area (Å²) >= 11 is 1.73. The van der Waals surface area contributed by atoms with Crippen LogP contribution in [0, 0.1) is 5.92 Å². The van der Waals surface area contributed by atoms with Gasteiger partial charge in [0.15, 0.2) is 0 Å². The van der Waals surface area contributed by atoms with E-state index in [0.29, 0.717) is 18.0 Å². The highest BCUT2D eigenvalue weighted by atomic mass is 32.1. The summed E-state index contributed by atoms with van der Waals surface area (Å²) in [6, 6.07) is 3.13. The number of rotatable bonds is 4. The van der Waals surface area contributed by atoms with Crippen molar-refractivity contribution >= 4 is 33.3 Å². The van der Waals surface area contributed by atoms with Gasteiger partial charge in [-0.3, -0.25) is 9.69 Å². The van der Waals surface area contributed by atoms with Crippen molar-refractivity contribution in [2.24, 2.45) is 5.92 Å². The van der Waals surface area contributed by atoms with Crippen LogP contribution >= 0.6 is 11.3 Å². The Labute approximate surface area is 164 Å². The summed E-state index contributed by atoms with van der Waals surface area (Å²) in [6.45, 7) is 4.14. The van der Waals surface area contributed by atoms with Crippen molar-refractivity contribution in [1.82, 2.24) is 20.2 Å². The molecule has 3 aliphatic rings. The summed E-state index contributed by atoms with van der Waals surface area (Å²) in [5, 5.41) is 5.30. The Morgan fingerprint density at radius 3 is 2.78 bits per heavy atom. The SMILES string of the molecule is O=C(NC1CC1)C1CCCN(C2CCN(c3ncnc4ccsc34)CC2)C1. The quantitative estimate of drug-likeness (QED) is 0.877. The Hall–Kier alpha value is -1.73. The van der Waals surface area contributed by atoms with Crippen molar-refractivity contribution in [3.63, 3.8) is 0 Å². The average Bonchev–Trinajstić information content (AvgIpc) is 3.40. The van der Waals surface area contributed by atoms with Gasteiger partial charge in [-0.25, -0.2) is 9.97 Å². The average molecular weight is 386 g/mol. The number of carbonyl (C=O) groups excluding carboxylic acids is 1. The van der Waals surface area contributed by atoms with Crippen LogP contribution in [-0.4, -0.2) is 59.0 Å². The van der Waals surface area contributed by atoms with Crippen LogP contribution in [0.1, 0.15) is 38.5 Å². The highest BCUT2D eigenvalue weighted by Crippen LogP contribution is 2.31. The Balaban J connectivity index is 1.20. The molecule has 1 N–H and O–H groups in total. The molecule has 0 bridgehead atoms. The molecule has 0 spiro atoms. The van der Waals surface area contributed by atoms with Gasteiger partial charge in [-0.2, -0.15) is 0 Å². The summed E-state index contributed by atoms with van der Waals surface area (Å²) in [7, 11) is 0. The number of carbonyl (C=O) groups is 1. The van der Waals surface area contributed by atoms with Crippen molar-refractivity contribution in [1.29, 1.82) is 0 Å². The van der Waals surface area contributed by atoms with Gasteiger partial charge in [-0.05, 0) is 56.5 Å². The molecule has 0 aromatic carbocycles. The van der Waals surface area contributed by atoms with Crippen LogP contribution in [0.3, 0.4) is 0 Å². The summed E-state index contributed by atoms with van der Waals surface area (Å²) in [5.41, 5.74) is 1.05. The molecule has 2 aromatic heterocycles. The van der Waals surface area contributed by atoms with Gasteiger partial charge in [-0.1, -0.05) is 0 Å². The normalized spacial score (nSPS) is 25.0. The molecule has 2 saturated heterocycles. The molecule has 144 valence electrons. The lowest BCUT2D eigenvalue weighted by Gasteiger charge is -2.42. The number of fused-ring (bicyclic) bond motifs is 1. The van der Waals surface area contributed by atoms with Crippen molar-refractivity contribution in [3.8, 4) is 0 Å². The lowest BCUT2D eigenvalue weighted by Crippen LogP contribution is -2.51. The van der Waals surface area contributed by atoms with Gasteiger partial charge in [0.05, 0.1) is 16.1 Å². The maximum atomic E-state index is 12.5. The lowest BCUT2D eigenvalue weighted by molar-refractivity contribution is -0.127. The lowest BCUT2D eigenvalue weighted by atomic mass is 9.93. The van der Waals surface area contributed by atoms with E-state index in [2.05, 4.69) is 36.5 Å². The standard InChI is InChI=1S/C20H27N5OS/c26-20(23-15-3-4-15)14-2-1-8-25(12-14)16-5-9-24(10-6-16)19-18-17(7-11-27-18)21-13-22-19/h7,11,13-16H,1-6,8-10,12H2,(H,23,26). The Kier molecular flexibility index (Phi) is 4.73. The number of aromatic nitrogens is 2. The first-order valence-corrected chi connectivity index (χ1v) is 11.1. The number of hydrogen-bond donors (Lipinski definition) is 1. The van der Waals surface area contributed by atoms with Crippen LogP contribution in [-0.2, 0) is 4.79 Å². The van der Waals surface area contributed by atoms with Gasteiger partial charge in [0.25, 0.3) is 0 Å². The first-order valence-electron chi connectivity index (χ1n) is 10.3. The smallest absolute Gasteiger partial charge is 0.224 e. The molecule has 5 rings (SSSR count). The third kappa shape index (κ3) is 3.67. The molecule has 1 aliphatic carbocycles. The topological polar surface area (TPSA) is 61.4 Å². The number of thiophene rings is 1. The first kappa shape index (κ1) is 17.4. The Bertz CT molecular complexity index is 812. The third-order valence-electron chi connectivity index (χ3n) is 6.25. The van der Waals surface area contributed by atoms with E-state index in [1.807, 2.05) is 0 Å². The van der Waals surface area contributed by atoms with Crippen LogP contribution in [0.15, 0.2) is 17.8 Å². The molecule has 6 nitrogen and oxygen atoms in total. The fourth-order valence-corrected chi connectivity index (χ4v) is 5.40. The Morgan fingerprint density at radius 1 is 1.11 bits per heavy atom. The molecule has 7 heteroatoms. The number of nitrogens with one attached hydrogen (secondary N) is 1.